The van der Waals surface area contributed by atoms with Crippen molar-refractivity contribution in [1.82, 2.24) is 10.2 Å². The molecule has 1 aliphatic carbocycles. The highest BCUT2D eigenvalue weighted by Crippen LogP contribution is 2.44. The highest BCUT2D eigenvalue weighted by atomic mass is 32.2. The van der Waals surface area contributed by atoms with Crippen LogP contribution in [0.4, 0.5) is 0 Å². The summed E-state index contributed by atoms with van der Waals surface area (Å²) in [5, 5.41) is 3.66. The molecular weight excluding hydrogens is 240 g/mol. The number of nitrogens with zero attached hydrogens (tertiary/aromatic N) is 1. The highest BCUT2D eigenvalue weighted by molar-refractivity contribution is 8.00. The molecular formula is C15H30N2S. The predicted octanol–water partition coefficient (Wildman–Crippen LogP) is 2.98. The lowest BCUT2D eigenvalue weighted by Crippen LogP contribution is -2.57. The fourth-order valence-corrected chi connectivity index (χ4v) is 4.57. The van der Waals surface area contributed by atoms with Gasteiger partial charge in [-0.25, -0.2) is 0 Å². The summed E-state index contributed by atoms with van der Waals surface area (Å²) in [4.78, 5) is 2.76. The predicted molar refractivity (Wildman–Crippen MR) is 82.4 cm³/mol. The van der Waals surface area contributed by atoms with E-state index < -0.39 is 0 Å². The molecule has 2 fully saturated rings. The molecule has 3 heteroatoms. The minimum Gasteiger partial charge on any atom is -0.314 e. The zero-order chi connectivity index (χ0) is 13.2. The molecule has 0 aromatic carbocycles. The number of rotatable bonds is 5. The van der Waals surface area contributed by atoms with Gasteiger partial charge in [0.15, 0.2) is 0 Å². The number of hydrogen-bond donors (Lipinski definition) is 1. The average Bonchev–Trinajstić information content (AvgIpc) is 2.33. The lowest BCUT2D eigenvalue weighted by molar-refractivity contribution is 0.0654. The quantitative estimate of drug-likeness (QED) is 0.827. The Labute approximate surface area is 117 Å². The van der Waals surface area contributed by atoms with E-state index in [0.29, 0.717) is 4.75 Å². The molecule has 1 aliphatic heterocycles. The van der Waals surface area contributed by atoms with Crippen LogP contribution in [-0.2, 0) is 0 Å². The molecule has 0 aromatic heterocycles. The molecule has 0 amide bonds. The van der Waals surface area contributed by atoms with Gasteiger partial charge in [-0.3, -0.25) is 4.90 Å². The van der Waals surface area contributed by atoms with Crippen molar-refractivity contribution in [3.63, 3.8) is 0 Å². The van der Waals surface area contributed by atoms with Crippen LogP contribution in [0.2, 0.25) is 0 Å². The molecule has 0 bridgehead atoms. The summed E-state index contributed by atoms with van der Waals surface area (Å²) in [5.41, 5.74) is 0. The van der Waals surface area contributed by atoms with E-state index in [0.717, 1.165) is 24.5 Å². The molecule has 1 saturated carbocycles. The fourth-order valence-electron chi connectivity index (χ4n) is 3.58. The molecule has 1 saturated heterocycles. The minimum absolute atomic E-state index is 0.596. The summed E-state index contributed by atoms with van der Waals surface area (Å²) < 4.78 is 0.596. The molecule has 0 radical (unpaired) electrons. The van der Waals surface area contributed by atoms with Crippen molar-refractivity contribution < 1.29 is 0 Å². The van der Waals surface area contributed by atoms with Crippen molar-refractivity contribution in [3.8, 4) is 0 Å². The Bertz CT molecular complexity index is 260. The average molecular weight is 270 g/mol. The minimum atomic E-state index is 0.596. The number of hydrogen-bond acceptors (Lipinski definition) is 3. The summed E-state index contributed by atoms with van der Waals surface area (Å²) in [6.07, 6.45) is 7.94. The summed E-state index contributed by atoms with van der Waals surface area (Å²) in [6, 6.07) is 1.46. The molecule has 0 aromatic rings. The second-order valence-electron chi connectivity index (χ2n) is 6.26. The summed E-state index contributed by atoms with van der Waals surface area (Å²) >= 11 is 2.11. The molecule has 2 aliphatic rings. The molecule has 3 unspecified atom stereocenters. The highest BCUT2D eigenvalue weighted by Gasteiger charge is 2.41. The van der Waals surface area contributed by atoms with Gasteiger partial charge < -0.3 is 5.32 Å². The van der Waals surface area contributed by atoms with Crippen LogP contribution in [0.3, 0.4) is 0 Å². The van der Waals surface area contributed by atoms with E-state index in [1.807, 2.05) is 0 Å². The zero-order valence-corrected chi connectivity index (χ0v) is 13.4. The molecule has 2 nitrogen and oxygen atoms in total. The van der Waals surface area contributed by atoms with Gasteiger partial charge in [0.1, 0.15) is 0 Å². The van der Waals surface area contributed by atoms with Crippen LogP contribution in [0.5, 0.6) is 0 Å². The van der Waals surface area contributed by atoms with Crippen LogP contribution >= 0.6 is 11.8 Å². The van der Waals surface area contributed by atoms with Gasteiger partial charge in [-0.2, -0.15) is 11.8 Å². The van der Waals surface area contributed by atoms with Crippen LogP contribution in [0.15, 0.2) is 0 Å². The normalized spacial score (nSPS) is 36.3. The number of nitrogens with one attached hydrogen (secondary N) is 1. The van der Waals surface area contributed by atoms with E-state index in [1.54, 1.807) is 0 Å². The van der Waals surface area contributed by atoms with Gasteiger partial charge in [0.25, 0.3) is 0 Å². The van der Waals surface area contributed by atoms with E-state index in [1.165, 1.54) is 38.8 Å². The maximum absolute atomic E-state index is 3.66. The van der Waals surface area contributed by atoms with Crippen LogP contribution in [-0.4, -0.2) is 47.6 Å². The number of thioether (sulfide) groups is 1. The van der Waals surface area contributed by atoms with Crippen molar-refractivity contribution >= 4 is 11.8 Å². The van der Waals surface area contributed by atoms with Crippen molar-refractivity contribution in [2.24, 2.45) is 5.92 Å². The lowest BCUT2D eigenvalue weighted by Gasteiger charge is -2.50. The van der Waals surface area contributed by atoms with E-state index in [9.17, 15) is 0 Å². The van der Waals surface area contributed by atoms with Gasteiger partial charge in [0, 0.05) is 23.4 Å². The smallest absolute Gasteiger partial charge is 0.0284 e. The SMILES string of the molecule is CCNC1CCN(CC2(SC)CCC2)C(C)C1C. The van der Waals surface area contributed by atoms with Crippen molar-refractivity contribution in [2.45, 2.75) is 63.3 Å². The van der Waals surface area contributed by atoms with Gasteiger partial charge in [-0.15, -0.1) is 0 Å². The molecule has 1 heterocycles. The van der Waals surface area contributed by atoms with E-state index in [2.05, 4.69) is 49.0 Å². The second kappa shape index (κ2) is 6.15. The lowest BCUT2D eigenvalue weighted by atomic mass is 9.81. The van der Waals surface area contributed by atoms with E-state index >= 15 is 0 Å². The first kappa shape index (κ1) is 14.7. The Balaban J connectivity index is 1.91. The summed E-state index contributed by atoms with van der Waals surface area (Å²) in [7, 11) is 0. The zero-order valence-electron chi connectivity index (χ0n) is 12.5. The second-order valence-corrected chi connectivity index (χ2v) is 7.54. The summed E-state index contributed by atoms with van der Waals surface area (Å²) in [5.74, 6) is 0.776. The van der Waals surface area contributed by atoms with Crippen LogP contribution in [0, 0.1) is 5.92 Å². The van der Waals surface area contributed by atoms with Crippen molar-refractivity contribution in [2.75, 3.05) is 25.9 Å². The molecule has 3 atom stereocenters. The Kier molecular flexibility index (Phi) is 5.01. The van der Waals surface area contributed by atoms with Gasteiger partial charge in [0.2, 0.25) is 0 Å². The maximum atomic E-state index is 3.66. The molecule has 106 valence electrons. The first-order chi connectivity index (χ1) is 8.62. The number of likely N-dealkylation sites (tertiary alicyclic amines) is 1. The standard InChI is InChI=1S/C15H30N2S/c1-5-16-14-7-10-17(13(3)12(14)2)11-15(18-4)8-6-9-15/h12-14,16H,5-11H2,1-4H3. The largest absolute Gasteiger partial charge is 0.314 e. The van der Waals surface area contributed by atoms with Gasteiger partial charge >= 0.3 is 0 Å². The maximum Gasteiger partial charge on any atom is 0.0284 e. The fraction of sp³-hybridized carbons (Fsp3) is 1.00. The Morgan fingerprint density at radius 3 is 2.56 bits per heavy atom. The molecule has 1 N–H and O–H groups in total. The third kappa shape index (κ3) is 2.88. The van der Waals surface area contributed by atoms with Crippen molar-refractivity contribution in [1.29, 1.82) is 0 Å². The van der Waals surface area contributed by atoms with Gasteiger partial charge in [-0.1, -0.05) is 20.3 Å². The van der Waals surface area contributed by atoms with Crippen LogP contribution in [0.25, 0.3) is 0 Å². The Hall–Kier alpha value is 0.270. The number of piperidine rings is 1. The Morgan fingerprint density at radius 1 is 1.33 bits per heavy atom. The summed E-state index contributed by atoms with van der Waals surface area (Å²) in [6.45, 7) is 10.8. The molecule has 2 rings (SSSR count). The first-order valence-electron chi connectivity index (χ1n) is 7.64. The van der Waals surface area contributed by atoms with Gasteiger partial charge in [-0.05, 0) is 51.4 Å². The van der Waals surface area contributed by atoms with E-state index in [-0.39, 0.29) is 0 Å². The third-order valence-corrected chi connectivity index (χ3v) is 6.76. The van der Waals surface area contributed by atoms with Crippen molar-refractivity contribution in [3.05, 3.63) is 0 Å². The van der Waals surface area contributed by atoms with Gasteiger partial charge in [0.05, 0.1) is 0 Å². The van der Waals surface area contributed by atoms with Crippen LogP contribution < -0.4 is 5.32 Å². The van der Waals surface area contributed by atoms with E-state index in [4.69, 9.17) is 0 Å². The Morgan fingerprint density at radius 2 is 2.06 bits per heavy atom. The third-order valence-electron chi connectivity index (χ3n) is 5.35. The molecule has 18 heavy (non-hydrogen) atoms. The topological polar surface area (TPSA) is 15.3 Å². The monoisotopic (exact) mass is 270 g/mol. The van der Waals surface area contributed by atoms with Crippen LogP contribution in [0.1, 0.15) is 46.5 Å². The first-order valence-corrected chi connectivity index (χ1v) is 8.87. The molecule has 0 spiro atoms.